The summed E-state index contributed by atoms with van der Waals surface area (Å²) in [5, 5.41) is 0. The van der Waals surface area contributed by atoms with Crippen molar-refractivity contribution in [1.29, 1.82) is 0 Å². The van der Waals surface area contributed by atoms with Crippen molar-refractivity contribution in [3.8, 4) is 0 Å². The van der Waals surface area contributed by atoms with E-state index in [2.05, 4.69) is 21.3 Å². The average Bonchev–Trinajstić information content (AvgIpc) is 1.88. The Morgan fingerprint density at radius 1 is 1.40 bits per heavy atom. The van der Waals surface area contributed by atoms with Crippen LogP contribution in [0.4, 0.5) is 0 Å². The Morgan fingerprint density at radius 2 is 2.10 bits per heavy atom. The Hall–Kier alpha value is -0.120. The molecule has 0 fully saturated rings. The SMILES string of the molecule is ClC(Cl)(Cl)c1n[c]ncn1. The van der Waals surface area contributed by atoms with Crippen molar-refractivity contribution >= 4 is 34.8 Å². The van der Waals surface area contributed by atoms with Gasteiger partial charge in [-0.15, -0.1) is 0 Å². The Labute approximate surface area is 72.4 Å². The third-order valence-corrected chi connectivity index (χ3v) is 1.21. The van der Waals surface area contributed by atoms with Gasteiger partial charge in [-0.05, 0) is 0 Å². The van der Waals surface area contributed by atoms with Crippen LogP contribution in [0.5, 0.6) is 0 Å². The number of rotatable bonds is 0. The van der Waals surface area contributed by atoms with Crippen molar-refractivity contribution in [3.63, 3.8) is 0 Å². The van der Waals surface area contributed by atoms with Gasteiger partial charge >= 0.3 is 0 Å². The molecular weight excluding hydrogens is 196 g/mol. The smallest absolute Gasteiger partial charge is 0.217 e. The van der Waals surface area contributed by atoms with Crippen LogP contribution in [0.3, 0.4) is 0 Å². The summed E-state index contributed by atoms with van der Waals surface area (Å²) in [4.78, 5) is 10.5. The quantitative estimate of drug-likeness (QED) is 0.592. The van der Waals surface area contributed by atoms with Gasteiger partial charge in [0.15, 0.2) is 5.82 Å². The third kappa shape index (κ3) is 1.94. The third-order valence-electron chi connectivity index (χ3n) is 0.705. The van der Waals surface area contributed by atoms with Crippen LogP contribution in [0.25, 0.3) is 0 Å². The first-order chi connectivity index (χ1) is 4.61. The van der Waals surface area contributed by atoms with Crippen molar-refractivity contribution in [1.82, 2.24) is 15.0 Å². The Kier molecular flexibility index (Phi) is 2.28. The summed E-state index contributed by atoms with van der Waals surface area (Å²) >= 11 is 16.2. The van der Waals surface area contributed by atoms with E-state index in [1.54, 1.807) is 0 Å². The summed E-state index contributed by atoms with van der Waals surface area (Å²) in [6, 6.07) is 0. The van der Waals surface area contributed by atoms with Gasteiger partial charge in [0.2, 0.25) is 10.1 Å². The number of hydrogen-bond acceptors (Lipinski definition) is 3. The molecule has 0 aromatic carbocycles. The maximum Gasteiger partial charge on any atom is 0.250 e. The minimum absolute atomic E-state index is 0.0764. The van der Waals surface area contributed by atoms with Gasteiger partial charge in [-0.3, -0.25) is 0 Å². The number of alkyl halides is 3. The zero-order valence-electron chi connectivity index (χ0n) is 4.55. The monoisotopic (exact) mass is 196 g/mol. The van der Waals surface area contributed by atoms with Gasteiger partial charge in [0, 0.05) is 0 Å². The van der Waals surface area contributed by atoms with E-state index in [1.165, 1.54) is 6.33 Å². The van der Waals surface area contributed by atoms with E-state index < -0.39 is 3.79 Å². The van der Waals surface area contributed by atoms with Crippen LogP contribution in [-0.2, 0) is 3.79 Å². The molecule has 53 valence electrons. The van der Waals surface area contributed by atoms with E-state index in [9.17, 15) is 0 Å². The second-order valence-electron chi connectivity index (χ2n) is 1.41. The van der Waals surface area contributed by atoms with Crippen LogP contribution in [-0.4, -0.2) is 15.0 Å². The summed E-state index contributed by atoms with van der Waals surface area (Å²) in [5.41, 5.74) is 0. The van der Waals surface area contributed by atoms with E-state index in [-0.39, 0.29) is 5.82 Å². The summed E-state index contributed by atoms with van der Waals surface area (Å²) < 4.78 is -1.58. The van der Waals surface area contributed by atoms with Gasteiger partial charge in [-0.25, -0.2) is 15.0 Å². The topological polar surface area (TPSA) is 38.7 Å². The summed E-state index contributed by atoms with van der Waals surface area (Å²) in [5.74, 6) is 0.0764. The van der Waals surface area contributed by atoms with Crippen molar-refractivity contribution in [2.24, 2.45) is 0 Å². The standard InChI is InChI=1S/C4HCl3N3/c5-4(6,7)3-9-1-8-2-10-3/h1H. The van der Waals surface area contributed by atoms with E-state index >= 15 is 0 Å². The highest BCUT2D eigenvalue weighted by atomic mass is 35.6. The van der Waals surface area contributed by atoms with E-state index in [0.29, 0.717) is 0 Å². The number of aromatic nitrogens is 3. The molecule has 0 aliphatic rings. The average molecular weight is 197 g/mol. The van der Waals surface area contributed by atoms with Crippen LogP contribution < -0.4 is 0 Å². The maximum atomic E-state index is 5.42. The number of halogens is 3. The molecule has 1 heterocycles. The predicted octanol–water partition coefficient (Wildman–Crippen LogP) is 1.50. The summed E-state index contributed by atoms with van der Waals surface area (Å²) in [6.45, 7) is 0. The van der Waals surface area contributed by atoms with Crippen molar-refractivity contribution in [2.75, 3.05) is 0 Å². The van der Waals surface area contributed by atoms with Gasteiger partial charge in [0.05, 0.1) is 0 Å². The van der Waals surface area contributed by atoms with E-state index in [1.807, 2.05) is 0 Å². The summed E-state index contributed by atoms with van der Waals surface area (Å²) in [6.07, 6.45) is 3.46. The molecule has 0 aliphatic heterocycles. The van der Waals surface area contributed by atoms with E-state index in [4.69, 9.17) is 34.8 Å². The fourth-order valence-corrected chi connectivity index (χ4v) is 0.624. The van der Waals surface area contributed by atoms with Crippen molar-refractivity contribution in [3.05, 3.63) is 18.5 Å². The lowest BCUT2D eigenvalue weighted by Crippen LogP contribution is -2.06. The minimum atomic E-state index is -1.58. The molecule has 0 amide bonds. The van der Waals surface area contributed by atoms with Crippen molar-refractivity contribution < 1.29 is 0 Å². The molecule has 0 saturated heterocycles. The molecule has 10 heavy (non-hydrogen) atoms. The molecule has 6 heteroatoms. The second-order valence-corrected chi connectivity index (χ2v) is 3.69. The first-order valence-corrected chi connectivity index (χ1v) is 3.36. The fourth-order valence-electron chi connectivity index (χ4n) is 0.351. The molecule has 0 N–H and O–H groups in total. The lowest BCUT2D eigenvalue weighted by molar-refractivity contribution is 0.909. The molecule has 0 unspecified atom stereocenters. The molecule has 1 radical (unpaired) electrons. The highest BCUT2D eigenvalue weighted by Crippen LogP contribution is 2.34. The first kappa shape index (κ1) is 7.98. The highest BCUT2D eigenvalue weighted by Gasteiger charge is 2.25. The largest absolute Gasteiger partial charge is 0.250 e. The Bertz CT molecular complexity index is 207. The fraction of sp³-hybridized carbons (Fsp3) is 0.250. The van der Waals surface area contributed by atoms with Crippen LogP contribution in [0, 0.1) is 6.33 Å². The predicted molar refractivity (Wildman–Crippen MR) is 37.9 cm³/mol. The maximum absolute atomic E-state index is 5.42. The molecular formula is C4HCl3N3. The van der Waals surface area contributed by atoms with Crippen LogP contribution >= 0.6 is 34.8 Å². The minimum Gasteiger partial charge on any atom is -0.217 e. The van der Waals surface area contributed by atoms with Gasteiger partial charge < -0.3 is 0 Å². The van der Waals surface area contributed by atoms with Gasteiger partial charge in [0.25, 0.3) is 0 Å². The molecule has 3 nitrogen and oxygen atoms in total. The lowest BCUT2D eigenvalue weighted by Gasteiger charge is -2.05. The molecule has 1 aromatic rings. The molecule has 0 spiro atoms. The molecule has 1 aromatic heterocycles. The normalized spacial score (nSPS) is 11.5. The van der Waals surface area contributed by atoms with Crippen LogP contribution in [0.15, 0.2) is 6.33 Å². The van der Waals surface area contributed by atoms with Gasteiger partial charge in [-0.1, -0.05) is 34.8 Å². The number of hydrogen-bond donors (Lipinski definition) is 0. The molecule has 0 saturated carbocycles. The zero-order chi connectivity index (χ0) is 7.61. The molecule has 0 atom stereocenters. The Balaban J connectivity index is 2.97. The second kappa shape index (κ2) is 2.86. The molecule has 0 aliphatic carbocycles. The lowest BCUT2D eigenvalue weighted by atomic mass is 10.7. The van der Waals surface area contributed by atoms with Crippen LogP contribution in [0.1, 0.15) is 5.82 Å². The molecule has 0 bridgehead atoms. The Morgan fingerprint density at radius 3 is 2.40 bits per heavy atom. The highest BCUT2D eigenvalue weighted by molar-refractivity contribution is 6.66. The van der Waals surface area contributed by atoms with Gasteiger partial charge in [0.1, 0.15) is 6.33 Å². The summed E-state index contributed by atoms with van der Waals surface area (Å²) in [7, 11) is 0. The first-order valence-electron chi connectivity index (χ1n) is 2.23. The number of nitrogens with zero attached hydrogens (tertiary/aromatic N) is 3. The van der Waals surface area contributed by atoms with Crippen molar-refractivity contribution in [2.45, 2.75) is 3.79 Å². The molecule has 1 rings (SSSR count). The van der Waals surface area contributed by atoms with E-state index in [0.717, 1.165) is 0 Å². The van der Waals surface area contributed by atoms with Crippen LogP contribution in [0.2, 0.25) is 0 Å². The van der Waals surface area contributed by atoms with Gasteiger partial charge in [-0.2, -0.15) is 0 Å². The zero-order valence-corrected chi connectivity index (χ0v) is 6.82.